The third kappa shape index (κ3) is 2.88. The van der Waals surface area contributed by atoms with Crippen LogP contribution in [0.3, 0.4) is 0 Å². The number of benzene rings is 1. The molecule has 2 aliphatic heterocycles. The number of nitrogens with one attached hydrogen (secondary N) is 1. The first-order valence-corrected chi connectivity index (χ1v) is 8.23. The molecule has 1 aromatic heterocycles. The number of piperidine rings is 1. The third-order valence-corrected chi connectivity index (χ3v) is 4.98. The molecule has 1 aromatic carbocycles. The second kappa shape index (κ2) is 5.97. The van der Waals surface area contributed by atoms with Crippen LogP contribution < -0.4 is 0 Å². The van der Waals surface area contributed by atoms with Gasteiger partial charge in [0.25, 0.3) is 0 Å². The Hall–Kier alpha value is -1.46. The van der Waals surface area contributed by atoms with Crippen molar-refractivity contribution in [1.29, 1.82) is 0 Å². The summed E-state index contributed by atoms with van der Waals surface area (Å²) in [5.41, 5.74) is 1.67. The number of ether oxygens (including phenoxy) is 1. The van der Waals surface area contributed by atoms with E-state index in [-0.39, 0.29) is 5.82 Å². The molecular weight excluding hydrogens is 281 g/mol. The van der Waals surface area contributed by atoms with Crippen molar-refractivity contribution in [1.82, 2.24) is 14.9 Å². The number of fused-ring (bicyclic) bond motifs is 1. The highest BCUT2D eigenvalue weighted by atomic mass is 19.1. The molecule has 5 heteroatoms. The lowest BCUT2D eigenvalue weighted by atomic mass is 9.95. The molecule has 2 aliphatic rings. The maximum Gasteiger partial charge on any atom is 0.125 e. The molecular formula is C17H22FN3O. The predicted octanol–water partition coefficient (Wildman–Crippen LogP) is 2.92. The Morgan fingerprint density at radius 1 is 1.27 bits per heavy atom. The van der Waals surface area contributed by atoms with Crippen LogP contribution in [0.25, 0.3) is 11.0 Å². The molecule has 4 rings (SSSR count). The number of likely N-dealkylation sites (tertiary alicyclic amines) is 1. The van der Waals surface area contributed by atoms with Gasteiger partial charge in [0.1, 0.15) is 11.6 Å². The molecule has 1 N–H and O–H groups in total. The highest BCUT2D eigenvalue weighted by Crippen LogP contribution is 2.28. The summed E-state index contributed by atoms with van der Waals surface area (Å²) in [4.78, 5) is 10.5. The van der Waals surface area contributed by atoms with Crippen molar-refractivity contribution in [3.05, 3.63) is 29.8 Å². The molecule has 0 saturated carbocycles. The molecule has 2 fully saturated rings. The molecule has 2 saturated heterocycles. The van der Waals surface area contributed by atoms with E-state index >= 15 is 0 Å². The molecule has 0 bridgehead atoms. The van der Waals surface area contributed by atoms with Crippen molar-refractivity contribution in [3.8, 4) is 0 Å². The molecule has 0 aliphatic carbocycles. The van der Waals surface area contributed by atoms with Crippen molar-refractivity contribution in [2.45, 2.75) is 25.2 Å². The Balaban J connectivity index is 1.39. The van der Waals surface area contributed by atoms with Crippen molar-refractivity contribution < 1.29 is 9.13 Å². The summed E-state index contributed by atoms with van der Waals surface area (Å²) >= 11 is 0. The number of nitrogens with zero attached hydrogens (tertiary/aromatic N) is 2. The summed E-state index contributed by atoms with van der Waals surface area (Å²) in [6, 6.07) is 4.75. The van der Waals surface area contributed by atoms with Crippen LogP contribution in [-0.2, 0) is 4.74 Å². The lowest BCUT2D eigenvalue weighted by molar-refractivity contribution is 0.151. The lowest BCUT2D eigenvalue weighted by Gasteiger charge is -2.32. The Kier molecular flexibility index (Phi) is 3.84. The van der Waals surface area contributed by atoms with E-state index in [0.29, 0.717) is 11.8 Å². The first-order chi connectivity index (χ1) is 10.8. The highest BCUT2D eigenvalue weighted by molar-refractivity contribution is 5.75. The van der Waals surface area contributed by atoms with E-state index in [1.54, 1.807) is 6.07 Å². The van der Waals surface area contributed by atoms with Gasteiger partial charge < -0.3 is 14.6 Å². The number of H-pyrrole nitrogens is 1. The summed E-state index contributed by atoms with van der Waals surface area (Å²) in [5.74, 6) is 1.98. The molecule has 2 aromatic rings. The first-order valence-electron chi connectivity index (χ1n) is 8.23. The SMILES string of the molecule is Fc1ccc2nc(C3CCN(CC4CCOC4)CC3)[nH]c2c1. The number of aromatic nitrogens is 2. The van der Waals surface area contributed by atoms with Crippen LogP contribution in [0.15, 0.2) is 18.2 Å². The molecule has 1 atom stereocenters. The average molecular weight is 303 g/mol. The predicted molar refractivity (Wildman–Crippen MR) is 83.4 cm³/mol. The quantitative estimate of drug-likeness (QED) is 0.948. The minimum absolute atomic E-state index is 0.212. The summed E-state index contributed by atoms with van der Waals surface area (Å²) in [7, 11) is 0. The monoisotopic (exact) mass is 303 g/mol. The van der Waals surface area contributed by atoms with E-state index in [1.165, 1.54) is 18.6 Å². The average Bonchev–Trinajstić information content (AvgIpc) is 3.17. The standard InChI is InChI=1S/C17H22FN3O/c18-14-1-2-15-16(9-14)20-17(19-15)13-3-6-21(7-4-13)10-12-5-8-22-11-12/h1-2,9,12-13H,3-8,10-11H2,(H,19,20). The van der Waals surface area contributed by atoms with E-state index in [2.05, 4.69) is 14.9 Å². The van der Waals surface area contributed by atoms with E-state index in [4.69, 9.17) is 4.74 Å². The van der Waals surface area contributed by atoms with E-state index in [9.17, 15) is 4.39 Å². The van der Waals surface area contributed by atoms with Gasteiger partial charge in [-0.2, -0.15) is 0 Å². The molecule has 0 spiro atoms. The smallest absolute Gasteiger partial charge is 0.125 e. The third-order valence-electron chi connectivity index (χ3n) is 4.98. The van der Waals surface area contributed by atoms with Crippen LogP contribution in [0.2, 0.25) is 0 Å². The Labute approximate surface area is 129 Å². The minimum atomic E-state index is -0.212. The largest absolute Gasteiger partial charge is 0.381 e. The van der Waals surface area contributed by atoms with Crippen LogP contribution in [0.5, 0.6) is 0 Å². The fraction of sp³-hybridized carbons (Fsp3) is 0.588. The van der Waals surface area contributed by atoms with Gasteiger partial charge in [0.15, 0.2) is 0 Å². The van der Waals surface area contributed by atoms with Gasteiger partial charge in [-0.15, -0.1) is 0 Å². The fourth-order valence-electron chi connectivity index (χ4n) is 3.68. The molecule has 0 radical (unpaired) electrons. The van der Waals surface area contributed by atoms with Gasteiger partial charge in [0.2, 0.25) is 0 Å². The summed E-state index contributed by atoms with van der Waals surface area (Å²) in [5, 5.41) is 0. The fourth-order valence-corrected chi connectivity index (χ4v) is 3.68. The van der Waals surface area contributed by atoms with Gasteiger partial charge in [-0.25, -0.2) is 9.37 Å². The number of aromatic amines is 1. The van der Waals surface area contributed by atoms with Gasteiger partial charge in [0, 0.05) is 19.1 Å². The van der Waals surface area contributed by atoms with E-state index in [1.807, 2.05) is 0 Å². The molecule has 4 nitrogen and oxygen atoms in total. The second-order valence-corrected chi connectivity index (χ2v) is 6.59. The normalized spacial score (nSPS) is 24.3. The molecule has 1 unspecified atom stereocenters. The van der Waals surface area contributed by atoms with Gasteiger partial charge >= 0.3 is 0 Å². The molecule has 0 amide bonds. The van der Waals surface area contributed by atoms with Crippen molar-refractivity contribution in [3.63, 3.8) is 0 Å². The van der Waals surface area contributed by atoms with Gasteiger partial charge in [-0.1, -0.05) is 0 Å². The lowest BCUT2D eigenvalue weighted by Crippen LogP contribution is -2.36. The number of hydrogen-bond donors (Lipinski definition) is 1. The topological polar surface area (TPSA) is 41.2 Å². The minimum Gasteiger partial charge on any atom is -0.381 e. The maximum absolute atomic E-state index is 13.3. The molecule has 22 heavy (non-hydrogen) atoms. The summed E-state index contributed by atoms with van der Waals surface area (Å²) < 4.78 is 18.7. The highest BCUT2D eigenvalue weighted by Gasteiger charge is 2.26. The van der Waals surface area contributed by atoms with Crippen molar-refractivity contribution >= 4 is 11.0 Å². The van der Waals surface area contributed by atoms with Crippen LogP contribution in [-0.4, -0.2) is 47.7 Å². The zero-order chi connectivity index (χ0) is 14.9. The Morgan fingerprint density at radius 2 is 2.14 bits per heavy atom. The number of rotatable bonds is 3. The molecule has 118 valence electrons. The second-order valence-electron chi connectivity index (χ2n) is 6.59. The number of halogens is 1. The van der Waals surface area contributed by atoms with Crippen molar-refractivity contribution in [2.75, 3.05) is 32.8 Å². The zero-order valence-corrected chi connectivity index (χ0v) is 12.7. The van der Waals surface area contributed by atoms with Crippen LogP contribution in [0, 0.1) is 11.7 Å². The van der Waals surface area contributed by atoms with Gasteiger partial charge in [0.05, 0.1) is 17.6 Å². The van der Waals surface area contributed by atoms with Gasteiger partial charge in [-0.3, -0.25) is 0 Å². The molecule has 3 heterocycles. The van der Waals surface area contributed by atoms with E-state index in [0.717, 1.165) is 62.5 Å². The zero-order valence-electron chi connectivity index (χ0n) is 12.7. The van der Waals surface area contributed by atoms with Crippen LogP contribution in [0.4, 0.5) is 4.39 Å². The number of hydrogen-bond acceptors (Lipinski definition) is 3. The Bertz CT molecular complexity index is 642. The van der Waals surface area contributed by atoms with Gasteiger partial charge in [-0.05, 0) is 56.5 Å². The van der Waals surface area contributed by atoms with Crippen LogP contribution >= 0.6 is 0 Å². The Morgan fingerprint density at radius 3 is 2.91 bits per heavy atom. The summed E-state index contributed by atoms with van der Waals surface area (Å²) in [6.07, 6.45) is 3.45. The first kappa shape index (κ1) is 14.2. The van der Waals surface area contributed by atoms with Crippen LogP contribution in [0.1, 0.15) is 31.0 Å². The summed E-state index contributed by atoms with van der Waals surface area (Å²) in [6.45, 7) is 5.25. The van der Waals surface area contributed by atoms with Crippen molar-refractivity contribution in [2.24, 2.45) is 5.92 Å². The van der Waals surface area contributed by atoms with E-state index < -0.39 is 0 Å². The number of imidazole rings is 1. The maximum atomic E-state index is 13.3.